The van der Waals surface area contributed by atoms with E-state index in [2.05, 4.69) is 5.32 Å². The highest BCUT2D eigenvalue weighted by atomic mass is 16.3. The lowest BCUT2D eigenvalue weighted by Crippen LogP contribution is -2.40. The van der Waals surface area contributed by atoms with Crippen molar-refractivity contribution in [2.75, 3.05) is 12.4 Å². The minimum Gasteiger partial charge on any atom is -0.508 e. The molecule has 1 aromatic carbocycles. The number of aromatic hydroxyl groups is 2. The molecule has 2 rings (SSSR count). The number of nitrogens with zero attached hydrogens (tertiary/aromatic N) is 1. The lowest BCUT2D eigenvalue weighted by atomic mass is 9.95. The van der Waals surface area contributed by atoms with Crippen molar-refractivity contribution >= 4 is 11.7 Å². The van der Waals surface area contributed by atoms with Gasteiger partial charge >= 0.3 is 6.03 Å². The lowest BCUT2D eigenvalue weighted by Gasteiger charge is -2.31. The van der Waals surface area contributed by atoms with Gasteiger partial charge < -0.3 is 20.4 Å². The first kappa shape index (κ1) is 13.5. The molecule has 0 bridgehead atoms. The van der Waals surface area contributed by atoms with Crippen LogP contribution in [0, 0.1) is 0 Å². The second kappa shape index (κ2) is 5.82. The average Bonchev–Trinajstić information content (AvgIpc) is 2.37. The Kier molecular flexibility index (Phi) is 4.14. The second-order valence-corrected chi connectivity index (χ2v) is 5.07. The number of carbonyl (C=O) groups excluding carboxylic acids is 1. The van der Waals surface area contributed by atoms with Crippen LogP contribution in [0.4, 0.5) is 10.5 Å². The molecule has 1 saturated carbocycles. The van der Waals surface area contributed by atoms with Crippen LogP contribution < -0.4 is 5.32 Å². The molecule has 19 heavy (non-hydrogen) atoms. The van der Waals surface area contributed by atoms with Gasteiger partial charge in [0.1, 0.15) is 11.5 Å². The molecule has 0 spiro atoms. The standard InChI is InChI=1S/C14H20N2O3/c1-16(11-5-3-2-4-6-11)14(19)15-10-7-12(17)9-13(18)8-10/h7-9,11,17-18H,2-6H2,1H3,(H,15,19). The van der Waals surface area contributed by atoms with E-state index in [1.165, 1.54) is 24.6 Å². The van der Waals surface area contributed by atoms with Crippen LogP contribution in [0.15, 0.2) is 18.2 Å². The third-order valence-electron chi connectivity index (χ3n) is 3.60. The summed E-state index contributed by atoms with van der Waals surface area (Å²) in [6.07, 6.45) is 5.64. The highest BCUT2D eigenvalue weighted by Gasteiger charge is 2.22. The summed E-state index contributed by atoms with van der Waals surface area (Å²) in [4.78, 5) is 13.8. The Hall–Kier alpha value is -1.91. The summed E-state index contributed by atoms with van der Waals surface area (Å²) in [6, 6.07) is 4.11. The van der Waals surface area contributed by atoms with Crippen molar-refractivity contribution < 1.29 is 15.0 Å². The van der Waals surface area contributed by atoms with Crippen LogP contribution in [0.1, 0.15) is 32.1 Å². The van der Waals surface area contributed by atoms with Gasteiger partial charge in [0, 0.05) is 37.0 Å². The van der Waals surface area contributed by atoms with Crippen LogP contribution in [0.5, 0.6) is 11.5 Å². The fraction of sp³-hybridized carbons (Fsp3) is 0.500. The zero-order chi connectivity index (χ0) is 13.8. The van der Waals surface area contributed by atoms with Gasteiger partial charge in [-0.05, 0) is 12.8 Å². The summed E-state index contributed by atoms with van der Waals surface area (Å²) in [5.74, 6) is -0.147. The van der Waals surface area contributed by atoms with Gasteiger partial charge in [-0.25, -0.2) is 4.79 Å². The number of amides is 2. The molecule has 0 heterocycles. The summed E-state index contributed by atoms with van der Waals surface area (Å²) in [5.41, 5.74) is 0.394. The zero-order valence-electron chi connectivity index (χ0n) is 11.1. The maximum atomic E-state index is 12.1. The lowest BCUT2D eigenvalue weighted by molar-refractivity contribution is 0.186. The monoisotopic (exact) mass is 264 g/mol. The predicted molar refractivity (Wildman–Crippen MR) is 73.4 cm³/mol. The van der Waals surface area contributed by atoms with Crippen molar-refractivity contribution in [3.05, 3.63) is 18.2 Å². The van der Waals surface area contributed by atoms with Crippen LogP contribution in [0.2, 0.25) is 0 Å². The Bertz CT molecular complexity index is 436. The van der Waals surface area contributed by atoms with Crippen LogP contribution in [-0.2, 0) is 0 Å². The molecular weight excluding hydrogens is 244 g/mol. The van der Waals surface area contributed by atoms with Crippen molar-refractivity contribution in [3.63, 3.8) is 0 Å². The summed E-state index contributed by atoms with van der Waals surface area (Å²) < 4.78 is 0. The molecule has 104 valence electrons. The van der Waals surface area contributed by atoms with E-state index < -0.39 is 0 Å². The molecule has 5 nitrogen and oxygen atoms in total. The van der Waals surface area contributed by atoms with Crippen LogP contribution in [0.25, 0.3) is 0 Å². The Morgan fingerprint density at radius 3 is 2.32 bits per heavy atom. The molecule has 5 heteroatoms. The molecule has 0 aliphatic heterocycles. The molecule has 1 aliphatic carbocycles. The van der Waals surface area contributed by atoms with Crippen LogP contribution in [-0.4, -0.2) is 34.2 Å². The minimum absolute atomic E-state index is 0.0735. The van der Waals surface area contributed by atoms with Gasteiger partial charge in [-0.1, -0.05) is 19.3 Å². The van der Waals surface area contributed by atoms with Crippen molar-refractivity contribution in [1.29, 1.82) is 0 Å². The van der Waals surface area contributed by atoms with Gasteiger partial charge in [0.15, 0.2) is 0 Å². The SMILES string of the molecule is CN(C(=O)Nc1cc(O)cc(O)c1)C1CCCCC1. The van der Waals surface area contributed by atoms with E-state index in [-0.39, 0.29) is 23.6 Å². The number of carbonyl (C=O) groups is 1. The van der Waals surface area contributed by atoms with E-state index in [0.717, 1.165) is 25.7 Å². The van der Waals surface area contributed by atoms with E-state index in [1.807, 2.05) is 0 Å². The number of nitrogens with one attached hydrogen (secondary N) is 1. The van der Waals surface area contributed by atoms with Crippen molar-refractivity contribution in [2.24, 2.45) is 0 Å². The molecule has 0 atom stereocenters. The van der Waals surface area contributed by atoms with E-state index in [4.69, 9.17) is 0 Å². The number of hydrogen-bond acceptors (Lipinski definition) is 3. The number of anilines is 1. The molecule has 0 unspecified atom stereocenters. The maximum Gasteiger partial charge on any atom is 0.321 e. The molecule has 2 amide bonds. The van der Waals surface area contributed by atoms with Gasteiger partial charge in [0.25, 0.3) is 0 Å². The second-order valence-electron chi connectivity index (χ2n) is 5.07. The minimum atomic E-state index is -0.211. The molecule has 3 N–H and O–H groups in total. The van der Waals surface area contributed by atoms with E-state index in [9.17, 15) is 15.0 Å². The van der Waals surface area contributed by atoms with Crippen molar-refractivity contribution in [3.8, 4) is 11.5 Å². The quantitative estimate of drug-likeness (QED) is 0.769. The number of hydrogen-bond donors (Lipinski definition) is 3. The molecule has 0 radical (unpaired) electrons. The maximum absolute atomic E-state index is 12.1. The molecular formula is C14H20N2O3. The van der Waals surface area contributed by atoms with Crippen molar-refractivity contribution in [1.82, 2.24) is 4.90 Å². The molecule has 1 aromatic rings. The number of rotatable bonds is 2. The smallest absolute Gasteiger partial charge is 0.321 e. The summed E-state index contributed by atoms with van der Waals surface area (Å²) in [5, 5.41) is 21.4. The van der Waals surface area contributed by atoms with Gasteiger partial charge in [0.2, 0.25) is 0 Å². The molecule has 0 saturated heterocycles. The number of phenolic OH excluding ortho intramolecular Hbond substituents is 2. The average molecular weight is 264 g/mol. The fourth-order valence-electron chi connectivity index (χ4n) is 2.51. The first-order valence-corrected chi connectivity index (χ1v) is 6.63. The summed E-state index contributed by atoms with van der Waals surface area (Å²) >= 11 is 0. The largest absolute Gasteiger partial charge is 0.508 e. The number of urea groups is 1. The Balaban J connectivity index is 1.99. The fourth-order valence-corrected chi connectivity index (χ4v) is 2.51. The topological polar surface area (TPSA) is 72.8 Å². The molecule has 0 aromatic heterocycles. The predicted octanol–water partition coefficient (Wildman–Crippen LogP) is 2.89. The van der Waals surface area contributed by atoms with Crippen LogP contribution in [0.3, 0.4) is 0 Å². The van der Waals surface area contributed by atoms with Gasteiger partial charge in [-0.3, -0.25) is 0 Å². The first-order valence-electron chi connectivity index (χ1n) is 6.63. The van der Waals surface area contributed by atoms with E-state index in [0.29, 0.717) is 5.69 Å². The zero-order valence-corrected chi connectivity index (χ0v) is 11.1. The highest BCUT2D eigenvalue weighted by Crippen LogP contribution is 2.25. The molecule has 1 aliphatic rings. The molecule has 1 fully saturated rings. The van der Waals surface area contributed by atoms with E-state index >= 15 is 0 Å². The highest BCUT2D eigenvalue weighted by molar-refractivity contribution is 5.89. The first-order chi connectivity index (χ1) is 9.06. The van der Waals surface area contributed by atoms with Gasteiger partial charge in [0.05, 0.1) is 0 Å². The summed E-state index contributed by atoms with van der Waals surface area (Å²) in [7, 11) is 1.79. The third kappa shape index (κ3) is 3.53. The number of benzene rings is 1. The van der Waals surface area contributed by atoms with Crippen LogP contribution >= 0.6 is 0 Å². The third-order valence-corrected chi connectivity index (χ3v) is 3.60. The van der Waals surface area contributed by atoms with Gasteiger partial charge in [-0.2, -0.15) is 0 Å². The Morgan fingerprint density at radius 1 is 1.16 bits per heavy atom. The van der Waals surface area contributed by atoms with Crippen molar-refractivity contribution in [2.45, 2.75) is 38.1 Å². The normalized spacial score (nSPS) is 16.1. The Morgan fingerprint density at radius 2 is 1.74 bits per heavy atom. The van der Waals surface area contributed by atoms with Gasteiger partial charge in [-0.15, -0.1) is 0 Å². The summed E-state index contributed by atoms with van der Waals surface area (Å²) in [6.45, 7) is 0. The van der Waals surface area contributed by atoms with E-state index in [1.54, 1.807) is 11.9 Å². The Labute approximate surface area is 112 Å². The number of phenols is 2.